The molecule has 0 aromatic carbocycles. The van der Waals surface area contributed by atoms with Gasteiger partial charge in [-0.15, -0.1) is 0 Å². The van der Waals surface area contributed by atoms with Crippen molar-refractivity contribution in [2.75, 3.05) is 25.0 Å². The van der Waals surface area contributed by atoms with Crippen molar-refractivity contribution in [3.8, 4) is 0 Å². The Labute approximate surface area is 145 Å². The zero-order valence-electron chi connectivity index (χ0n) is 13.8. The van der Waals surface area contributed by atoms with E-state index >= 15 is 0 Å². The highest BCUT2D eigenvalue weighted by atomic mass is 16.2. The molecule has 0 aliphatic carbocycles. The molecule has 25 heavy (non-hydrogen) atoms. The molecule has 3 heterocycles. The van der Waals surface area contributed by atoms with Crippen molar-refractivity contribution in [2.24, 2.45) is 0 Å². The van der Waals surface area contributed by atoms with Gasteiger partial charge in [0, 0.05) is 32.3 Å². The normalized spacial score (nSPS) is 13.8. The molecule has 1 saturated heterocycles. The van der Waals surface area contributed by atoms with Crippen molar-refractivity contribution in [3.63, 3.8) is 0 Å². The third-order valence-electron chi connectivity index (χ3n) is 3.88. The quantitative estimate of drug-likeness (QED) is 0.738. The molecule has 130 valence electrons. The van der Waals surface area contributed by atoms with Gasteiger partial charge in [0.1, 0.15) is 23.7 Å². The minimum absolute atomic E-state index is 0.205. The summed E-state index contributed by atoms with van der Waals surface area (Å²) >= 11 is 0. The van der Waals surface area contributed by atoms with Gasteiger partial charge in [-0.25, -0.2) is 15.0 Å². The first kappa shape index (κ1) is 16.8. The molecule has 8 nitrogen and oxygen atoms in total. The van der Waals surface area contributed by atoms with E-state index in [1.54, 1.807) is 30.5 Å². The van der Waals surface area contributed by atoms with Gasteiger partial charge < -0.3 is 15.5 Å². The van der Waals surface area contributed by atoms with Crippen molar-refractivity contribution in [3.05, 3.63) is 42.5 Å². The molecule has 2 amide bonds. The zero-order valence-corrected chi connectivity index (χ0v) is 13.8. The predicted molar refractivity (Wildman–Crippen MR) is 92.3 cm³/mol. The van der Waals surface area contributed by atoms with Gasteiger partial charge in [0.15, 0.2) is 0 Å². The summed E-state index contributed by atoms with van der Waals surface area (Å²) in [6, 6.07) is 6.89. The molecule has 1 aliphatic heterocycles. The standard InChI is InChI=1S/C17H20N6O2/c24-16-6-2-10-23(16)11-3-8-19-17(25)13-4-1-5-15(21-13)22-14-7-9-18-12-20-14/h1,4-5,7,9,12H,2-3,6,8,10-11H2,(H,19,25)(H,18,20,21,22). The molecule has 2 N–H and O–H groups in total. The minimum Gasteiger partial charge on any atom is -0.351 e. The number of carbonyl (C=O) groups is 2. The maximum absolute atomic E-state index is 12.2. The summed E-state index contributed by atoms with van der Waals surface area (Å²) in [6.07, 6.45) is 5.36. The van der Waals surface area contributed by atoms with E-state index in [0.29, 0.717) is 36.8 Å². The van der Waals surface area contributed by atoms with Gasteiger partial charge in [0.05, 0.1) is 0 Å². The molecule has 1 aliphatic rings. The number of anilines is 2. The number of nitrogens with zero attached hydrogens (tertiary/aromatic N) is 4. The molecule has 1 fully saturated rings. The topological polar surface area (TPSA) is 100 Å². The lowest BCUT2D eigenvalue weighted by Crippen LogP contribution is -2.31. The Bertz CT molecular complexity index is 737. The smallest absolute Gasteiger partial charge is 0.269 e. The predicted octanol–water partition coefficient (Wildman–Crippen LogP) is 1.36. The van der Waals surface area contributed by atoms with E-state index < -0.39 is 0 Å². The number of likely N-dealkylation sites (tertiary alicyclic amines) is 1. The van der Waals surface area contributed by atoms with E-state index in [4.69, 9.17) is 0 Å². The number of rotatable bonds is 7. The van der Waals surface area contributed by atoms with E-state index in [0.717, 1.165) is 19.4 Å². The van der Waals surface area contributed by atoms with Gasteiger partial charge in [-0.3, -0.25) is 9.59 Å². The highest BCUT2D eigenvalue weighted by Crippen LogP contribution is 2.11. The largest absolute Gasteiger partial charge is 0.351 e. The molecular formula is C17H20N6O2. The monoisotopic (exact) mass is 340 g/mol. The SMILES string of the molecule is O=C(NCCCN1CCCC1=O)c1cccc(Nc2ccncn2)n1. The lowest BCUT2D eigenvalue weighted by molar-refractivity contribution is -0.127. The molecule has 3 rings (SSSR count). The van der Waals surface area contributed by atoms with Gasteiger partial charge in [-0.05, 0) is 31.0 Å². The first-order chi connectivity index (χ1) is 12.2. The van der Waals surface area contributed by atoms with E-state index in [-0.39, 0.29) is 11.8 Å². The number of aromatic nitrogens is 3. The molecule has 2 aromatic heterocycles. The Morgan fingerprint density at radius 1 is 1.24 bits per heavy atom. The first-order valence-corrected chi connectivity index (χ1v) is 8.28. The first-order valence-electron chi connectivity index (χ1n) is 8.28. The summed E-state index contributed by atoms with van der Waals surface area (Å²) in [5, 5.41) is 5.86. The fourth-order valence-corrected chi connectivity index (χ4v) is 2.63. The molecule has 8 heteroatoms. The van der Waals surface area contributed by atoms with Crippen LogP contribution in [-0.2, 0) is 4.79 Å². The van der Waals surface area contributed by atoms with Crippen molar-refractivity contribution in [1.82, 2.24) is 25.2 Å². The van der Waals surface area contributed by atoms with Crippen LogP contribution in [0.3, 0.4) is 0 Å². The minimum atomic E-state index is -0.237. The van der Waals surface area contributed by atoms with Crippen molar-refractivity contribution in [1.29, 1.82) is 0 Å². The number of pyridine rings is 1. The van der Waals surface area contributed by atoms with Crippen LogP contribution in [-0.4, -0.2) is 51.3 Å². The maximum atomic E-state index is 12.2. The van der Waals surface area contributed by atoms with Crippen LogP contribution in [0.1, 0.15) is 29.8 Å². The van der Waals surface area contributed by atoms with E-state index in [9.17, 15) is 9.59 Å². The molecule has 0 spiro atoms. The van der Waals surface area contributed by atoms with E-state index in [2.05, 4.69) is 25.6 Å². The highest BCUT2D eigenvalue weighted by Gasteiger charge is 2.19. The zero-order chi connectivity index (χ0) is 17.5. The second-order valence-electron chi connectivity index (χ2n) is 5.72. The number of amides is 2. The van der Waals surface area contributed by atoms with Crippen LogP contribution in [0.5, 0.6) is 0 Å². The van der Waals surface area contributed by atoms with Crippen LogP contribution in [0.2, 0.25) is 0 Å². The number of hydrogen-bond donors (Lipinski definition) is 2. The lowest BCUT2D eigenvalue weighted by atomic mass is 10.3. The summed E-state index contributed by atoms with van der Waals surface area (Å²) in [7, 11) is 0. The number of hydrogen-bond acceptors (Lipinski definition) is 6. The van der Waals surface area contributed by atoms with Crippen LogP contribution in [0, 0.1) is 0 Å². The third kappa shape index (κ3) is 4.72. The lowest BCUT2D eigenvalue weighted by Gasteiger charge is -2.15. The fraction of sp³-hybridized carbons (Fsp3) is 0.353. The summed E-state index contributed by atoms with van der Waals surface area (Å²) < 4.78 is 0. The third-order valence-corrected chi connectivity index (χ3v) is 3.88. The maximum Gasteiger partial charge on any atom is 0.269 e. The average molecular weight is 340 g/mol. The molecule has 0 unspecified atom stereocenters. The van der Waals surface area contributed by atoms with Crippen LogP contribution >= 0.6 is 0 Å². The van der Waals surface area contributed by atoms with E-state index in [1.165, 1.54) is 6.33 Å². The van der Waals surface area contributed by atoms with Crippen LogP contribution in [0.15, 0.2) is 36.8 Å². The molecule has 0 saturated carbocycles. The number of carbonyl (C=O) groups excluding carboxylic acids is 2. The summed E-state index contributed by atoms with van der Waals surface area (Å²) in [4.78, 5) is 37.8. The summed E-state index contributed by atoms with van der Waals surface area (Å²) in [6.45, 7) is 2.01. The van der Waals surface area contributed by atoms with Gasteiger partial charge in [0.2, 0.25) is 5.91 Å². The highest BCUT2D eigenvalue weighted by molar-refractivity contribution is 5.92. The Hall–Kier alpha value is -3.03. The Balaban J connectivity index is 1.48. The average Bonchev–Trinajstić information content (AvgIpc) is 3.04. The fourth-order valence-electron chi connectivity index (χ4n) is 2.63. The second-order valence-corrected chi connectivity index (χ2v) is 5.72. The van der Waals surface area contributed by atoms with Crippen molar-refractivity contribution >= 4 is 23.5 Å². The molecule has 0 bridgehead atoms. The Morgan fingerprint density at radius 2 is 2.16 bits per heavy atom. The van der Waals surface area contributed by atoms with Crippen molar-refractivity contribution in [2.45, 2.75) is 19.3 Å². The Morgan fingerprint density at radius 3 is 2.92 bits per heavy atom. The van der Waals surface area contributed by atoms with E-state index in [1.807, 2.05) is 4.90 Å². The van der Waals surface area contributed by atoms with Crippen molar-refractivity contribution < 1.29 is 9.59 Å². The molecular weight excluding hydrogens is 320 g/mol. The van der Waals surface area contributed by atoms with Crippen LogP contribution < -0.4 is 10.6 Å². The van der Waals surface area contributed by atoms with Gasteiger partial charge >= 0.3 is 0 Å². The summed E-state index contributed by atoms with van der Waals surface area (Å²) in [5.41, 5.74) is 0.330. The van der Waals surface area contributed by atoms with Gasteiger partial charge in [-0.2, -0.15) is 0 Å². The van der Waals surface area contributed by atoms with Crippen LogP contribution in [0.25, 0.3) is 0 Å². The second kappa shape index (κ2) is 8.18. The number of nitrogens with one attached hydrogen (secondary N) is 2. The van der Waals surface area contributed by atoms with Gasteiger partial charge in [0.25, 0.3) is 5.91 Å². The molecule has 0 radical (unpaired) electrons. The van der Waals surface area contributed by atoms with Gasteiger partial charge in [-0.1, -0.05) is 6.07 Å². The Kier molecular flexibility index (Phi) is 5.50. The van der Waals surface area contributed by atoms with Crippen LogP contribution in [0.4, 0.5) is 11.6 Å². The summed E-state index contributed by atoms with van der Waals surface area (Å²) in [5.74, 6) is 1.11. The molecule has 2 aromatic rings. The molecule has 0 atom stereocenters.